The number of hydrogen-bond acceptors (Lipinski definition) is 3. The molecule has 0 aromatic carbocycles. The molecule has 76 valence electrons. The van der Waals surface area contributed by atoms with Crippen molar-refractivity contribution in [1.82, 2.24) is 0 Å². The molecule has 2 aliphatic rings. The van der Waals surface area contributed by atoms with Gasteiger partial charge in [-0.1, -0.05) is 0 Å². The minimum absolute atomic E-state index is 0.0258. The van der Waals surface area contributed by atoms with Gasteiger partial charge in [0.1, 0.15) is 6.79 Å². The average molecular weight is 186 g/mol. The second kappa shape index (κ2) is 3.95. The average Bonchev–Trinajstić information content (AvgIpc) is 2.54. The van der Waals surface area contributed by atoms with Crippen LogP contribution in [0.25, 0.3) is 0 Å². The van der Waals surface area contributed by atoms with Gasteiger partial charge in [0.2, 0.25) is 0 Å². The Morgan fingerprint density at radius 1 is 1.23 bits per heavy atom. The summed E-state index contributed by atoms with van der Waals surface area (Å²) in [5.41, 5.74) is -0.0258. The van der Waals surface area contributed by atoms with Crippen LogP contribution in [0, 0.1) is 5.92 Å². The first-order chi connectivity index (χ1) is 6.29. The molecule has 2 saturated heterocycles. The first-order valence-corrected chi connectivity index (χ1v) is 5.08. The van der Waals surface area contributed by atoms with E-state index in [1.807, 2.05) is 0 Å². The fourth-order valence-electron chi connectivity index (χ4n) is 2.16. The van der Waals surface area contributed by atoms with Gasteiger partial charge in [0.05, 0.1) is 12.2 Å². The van der Waals surface area contributed by atoms with Crippen LogP contribution < -0.4 is 0 Å². The highest BCUT2D eigenvalue weighted by Gasteiger charge is 2.33. The normalized spacial score (nSPS) is 36.7. The molecule has 0 aromatic rings. The molecular weight excluding hydrogens is 168 g/mol. The summed E-state index contributed by atoms with van der Waals surface area (Å²) >= 11 is 0. The third-order valence-corrected chi connectivity index (χ3v) is 2.96. The fourth-order valence-corrected chi connectivity index (χ4v) is 2.16. The monoisotopic (exact) mass is 186 g/mol. The largest absolute Gasteiger partial charge is 0.381 e. The highest BCUT2D eigenvalue weighted by molar-refractivity contribution is 4.81. The molecule has 1 unspecified atom stereocenters. The zero-order valence-corrected chi connectivity index (χ0v) is 8.25. The van der Waals surface area contributed by atoms with Crippen LogP contribution in [0.2, 0.25) is 0 Å². The van der Waals surface area contributed by atoms with E-state index in [9.17, 15) is 0 Å². The molecule has 2 rings (SSSR count). The van der Waals surface area contributed by atoms with Crippen LogP contribution in [-0.4, -0.2) is 32.2 Å². The molecule has 0 spiro atoms. The van der Waals surface area contributed by atoms with E-state index in [-0.39, 0.29) is 5.60 Å². The van der Waals surface area contributed by atoms with Gasteiger partial charge in [-0.3, -0.25) is 0 Å². The van der Waals surface area contributed by atoms with E-state index in [1.54, 1.807) is 0 Å². The Morgan fingerprint density at radius 3 is 2.62 bits per heavy atom. The van der Waals surface area contributed by atoms with Gasteiger partial charge in [0.25, 0.3) is 0 Å². The van der Waals surface area contributed by atoms with Crippen molar-refractivity contribution in [1.29, 1.82) is 0 Å². The highest BCUT2D eigenvalue weighted by atomic mass is 16.7. The van der Waals surface area contributed by atoms with Crippen molar-refractivity contribution < 1.29 is 14.2 Å². The Hall–Kier alpha value is -0.120. The summed E-state index contributed by atoms with van der Waals surface area (Å²) in [4.78, 5) is 0. The lowest BCUT2D eigenvalue weighted by molar-refractivity contribution is -0.0250. The molecule has 13 heavy (non-hydrogen) atoms. The van der Waals surface area contributed by atoms with Crippen molar-refractivity contribution in [2.45, 2.75) is 31.8 Å². The maximum atomic E-state index is 5.58. The molecule has 0 N–H and O–H groups in total. The third-order valence-electron chi connectivity index (χ3n) is 2.96. The maximum absolute atomic E-state index is 5.58. The van der Waals surface area contributed by atoms with Crippen LogP contribution in [-0.2, 0) is 14.2 Å². The van der Waals surface area contributed by atoms with Crippen LogP contribution in [0.3, 0.4) is 0 Å². The maximum Gasteiger partial charge on any atom is 0.147 e. The van der Waals surface area contributed by atoms with Crippen molar-refractivity contribution >= 4 is 0 Å². The molecule has 2 heterocycles. The standard InChI is InChI=1S/C10H18O3/c1-10(7-12-8-13-10)6-9-2-4-11-5-3-9/h9H,2-8H2,1H3. The van der Waals surface area contributed by atoms with Gasteiger partial charge in [-0.2, -0.15) is 0 Å². The summed E-state index contributed by atoms with van der Waals surface area (Å²) < 4.78 is 16.2. The van der Waals surface area contributed by atoms with Gasteiger partial charge in [-0.05, 0) is 32.1 Å². The molecule has 2 fully saturated rings. The highest BCUT2D eigenvalue weighted by Crippen LogP contribution is 2.30. The Kier molecular flexibility index (Phi) is 2.86. The zero-order valence-electron chi connectivity index (χ0n) is 8.25. The number of rotatable bonds is 2. The van der Waals surface area contributed by atoms with E-state index in [0.29, 0.717) is 6.79 Å². The van der Waals surface area contributed by atoms with Crippen molar-refractivity contribution in [2.24, 2.45) is 5.92 Å². The van der Waals surface area contributed by atoms with Gasteiger partial charge in [-0.15, -0.1) is 0 Å². The van der Waals surface area contributed by atoms with Gasteiger partial charge in [-0.25, -0.2) is 0 Å². The van der Waals surface area contributed by atoms with Gasteiger partial charge in [0.15, 0.2) is 0 Å². The van der Waals surface area contributed by atoms with E-state index in [4.69, 9.17) is 14.2 Å². The predicted molar refractivity (Wildman–Crippen MR) is 48.5 cm³/mol. The Bertz CT molecular complexity index is 158. The van der Waals surface area contributed by atoms with Crippen LogP contribution >= 0.6 is 0 Å². The number of ether oxygens (including phenoxy) is 3. The van der Waals surface area contributed by atoms with E-state index in [0.717, 1.165) is 32.2 Å². The van der Waals surface area contributed by atoms with E-state index >= 15 is 0 Å². The minimum Gasteiger partial charge on any atom is -0.381 e. The van der Waals surface area contributed by atoms with Crippen LogP contribution in [0.4, 0.5) is 0 Å². The molecule has 0 aromatic heterocycles. The van der Waals surface area contributed by atoms with E-state index < -0.39 is 0 Å². The first kappa shape index (κ1) is 9.44. The van der Waals surface area contributed by atoms with Crippen molar-refractivity contribution in [3.63, 3.8) is 0 Å². The Morgan fingerprint density at radius 2 is 2.00 bits per heavy atom. The summed E-state index contributed by atoms with van der Waals surface area (Å²) in [6.45, 7) is 5.21. The van der Waals surface area contributed by atoms with Gasteiger partial charge >= 0.3 is 0 Å². The zero-order chi connectivity index (χ0) is 9.15. The van der Waals surface area contributed by atoms with Crippen LogP contribution in [0.5, 0.6) is 0 Å². The SMILES string of the molecule is CC1(CC2CCOCC2)COCO1. The van der Waals surface area contributed by atoms with E-state index in [2.05, 4.69) is 6.92 Å². The van der Waals surface area contributed by atoms with Crippen LogP contribution in [0.1, 0.15) is 26.2 Å². The summed E-state index contributed by atoms with van der Waals surface area (Å²) in [7, 11) is 0. The lowest BCUT2D eigenvalue weighted by atomic mass is 9.87. The molecule has 2 aliphatic heterocycles. The van der Waals surface area contributed by atoms with Crippen molar-refractivity contribution in [2.75, 3.05) is 26.6 Å². The van der Waals surface area contributed by atoms with Gasteiger partial charge in [0, 0.05) is 13.2 Å². The fraction of sp³-hybridized carbons (Fsp3) is 1.00. The summed E-state index contributed by atoms with van der Waals surface area (Å²) in [5.74, 6) is 0.764. The molecule has 1 atom stereocenters. The van der Waals surface area contributed by atoms with Crippen molar-refractivity contribution in [3.05, 3.63) is 0 Å². The Balaban J connectivity index is 1.81. The Labute approximate surface area is 79.4 Å². The molecule has 0 radical (unpaired) electrons. The molecule has 0 saturated carbocycles. The second-order valence-corrected chi connectivity index (χ2v) is 4.32. The lowest BCUT2D eigenvalue weighted by Gasteiger charge is -2.29. The molecule has 0 amide bonds. The van der Waals surface area contributed by atoms with Gasteiger partial charge < -0.3 is 14.2 Å². The molecule has 3 heteroatoms. The molecule has 0 aliphatic carbocycles. The number of hydrogen-bond donors (Lipinski definition) is 0. The second-order valence-electron chi connectivity index (χ2n) is 4.32. The predicted octanol–water partition coefficient (Wildman–Crippen LogP) is 1.57. The minimum atomic E-state index is -0.0258. The molecule has 3 nitrogen and oxygen atoms in total. The lowest BCUT2D eigenvalue weighted by Crippen LogP contribution is -2.32. The first-order valence-electron chi connectivity index (χ1n) is 5.08. The van der Waals surface area contributed by atoms with Crippen LogP contribution in [0.15, 0.2) is 0 Å². The topological polar surface area (TPSA) is 27.7 Å². The van der Waals surface area contributed by atoms with E-state index in [1.165, 1.54) is 12.8 Å². The molecular formula is C10H18O3. The summed E-state index contributed by atoms with van der Waals surface area (Å²) in [6.07, 6.45) is 3.48. The summed E-state index contributed by atoms with van der Waals surface area (Å²) in [5, 5.41) is 0. The third kappa shape index (κ3) is 2.42. The summed E-state index contributed by atoms with van der Waals surface area (Å²) in [6, 6.07) is 0. The molecule has 0 bridgehead atoms. The quantitative estimate of drug-likeness (QED) is 0.655. The smallest absolute Gasteiger partial charge is 0.147 e. The van der Waals surface area contributed by atoms with Crippen molar-refractivity contribution in [3.8, 4) is 0 Å².